The molecule has 2 N–H and O–H groups in total. The van der Waals surface area contributed by atoms with Crippen LogP contribution in [0, 0.1) is 17.8 Å². The molecule has 1 heterocycles. The molecule has 0 aromatic heterocycles. The summed E-state index contributed by atoms with van der Waals surface area (Å²) >= 11 is 0. The van der Waals surface area contributed by atoms with Crippen molar-refractivity contribution in [1.82, 2.24) is 4.90 Å². The maximum Gasteiger partial charge on any atom is 0.119 e. The molecule has 2 rings (SSSR count). The summed E-state index contributed by atoms with van der Waals surface area (Å²) in [5, 5.41) is 0. The third kappa shape index (κ3) is 4.00. The highest BCUT2D eigenvalue weighted by molar-refractivity contribution is 5.45. The van der Waals surface area contributed by atoms with Crippen molar-refractivity contribution in [2.75, 3.05) is 26.7 Å². The zero-order valence-corrected chi connectivity index (χ0v) is 12.5. The first-order valence-corrected chi connectivity index (χ1v) is 7.31. The Morgan fingerprint density at radius 2 is 2.30 bits per heavy atom. The first-order valence-electron chi connectivity index (χ1n) is 7.31. The molecule has 1 unspecified atom stereocenters. The van der Waals surface area contributed by atoms with Crippen LogP contribution in [-0.2, 0) is 6.54 Å². The summed E-state index contributed by atoms with van der Waals surface area (Å²) in [6.45, 7) is 6.00. The third-order valence-corrected chi connectivity index (χ3v) is 3.77. The van der Waals surface area contributed by atoms with Gasteiger partial charge in [0.2, 0.25) is 0 Å². The number of piperidine rings is 1. The molecule has 0 amide bonds. The Hall–Kier alpha value is -1.50. The lowest BCUT2D eigenvalue weighted by molar-refractivity contribution is 0.176. The molecule has 1 atom stereocenters. The first kappa shape index (κ1) is 14.9. The molecule has 0 saturated carbocycles. The second kappa shape index (κ2) is 7.33. The van der Waals surface area contributed by atoms with E-state index in [-0.39, 0.29) is 0 Å². The highest BCUT2D eigenvalue weighted by atomic mass is 16.5. The monoisotopic (exact) mass is 272 g/mol. The molecule has 0 aliphatic carbocycles. The van der Waals surface area contributed by atoms with Gasteiger partial charge in [-0.3, -0.25) is 4.90 Å². The number of ether oxygens (including phenoxy) is 1. The molecule has 108 valence electrons. The van der Waals surface area contributed by atoms with Gasteiger partial charge in [0, 0.05) is 18.7 Å². The summed E-state index contributed by atoms with van der Waals surface area (Å²) in [6, 6.07) is 6.09. The van der Waals surface area contributed by atoms with Crippen molar-refractivity contribution in [3.63, 3.8) is 0 Å². The fourth-order valence-corrected chi connectivity index (χ4v) is 2.77. The van der Waals surface area contributed by atoms with E-state index in [4.69, 9.17) is 10.5 Å². The van der Waals surface area contributed by atoms with Crippen molar-refractivity contribution in [3.05, 3.63) is 29.3 Å². The molecule has 3 heteroatoms. The first-order chi connectivity index (χ1) is 9.72. The van der Waals surface area contributed by atoms with E-state index in [0.29, 0.717) is 6.54 Å². The van der Waals surface area contributed by atoms with Crippen molar-refractivity contribution in [2.45, 2.75) is 26.3 Å². The lowest BCUT2D eigenvalue weighted by Gasteiger charge is -2.31. The molecular formula is C17H24N2O. The second-order valence-corrected chi connectivity index (χ2v) is 5.51. The van der Waals surface area contributed by atoms with Crippen molar-refractivity contribution >= 4 is 0 Å². The van der Waals surface area contributed by atoms with E-state index in [2.05, 4.69) is 29.7 Å². The van der Waals surface area contributed by atoms with Gasteiger partial charge in [-0.25, -0.2) is 0 Å². The number of nitrogens with zero attached hydrogens (tertiary/aromatic N) is 1. The van der Waals surface area contributed by atoms with Gasteiger partial charge in [0.1, 0.15) is 5.75 Å². The predicted molar refractivity (Wildman–Crippen MR) is 82.6 cm³/mol. The van der Waals surface area contributed by atoms with E-state index in [1.807, 2.05) is 12.1 Å². The molecule has 1 aliphatic rings. The number of likely N-dealkylation sites (tertiary alicyclic amines) is 1. The largest absolute Gasteiger partial charge is 0.497 e. The topological polar surface area (TPSA) is 38.5 Å². The zero-order chi connectivity index (χ0) is 14.4. The SMILES string of the molecule is COc1ccc(C#CCN)c(CN2CCCC(C)C2)c1. The fourth-order valence-electron chi connectivity index (χ4n) is 2.77. The Balaban J connectivity index is 2.18. The Labute approximate surface area is 122 Å². The molecule has 0 spiro atoms. The van der Waals surface area contributed by atoms with Crippen LogP contribution in [0.1, 0.15) is 30.9 Å². The summed E-state index contributed by atoms with van der Waals surface area (Å²) in [4.78, 5) is 2.51. The van der Waals surface area contributed by atoms with Crippen molar-refractivity contribution < 1.29 is 4.74 Å². The normalized spacial score (nSPS) is 19.2. The number of hydrogen-bond acceptors (Lipinski definition) is 3. The minimum Gasteiger partial charge on any atom is -0.497 e. The molecule has 1 fully saturated rings. The molecule has 0 bridgehead atoms. The number of benzene rings is 1. The summed E-state index contributed by atoms with van der Waals surface area (Å²) in [5.74, 6) is 7.79. The van der Waals surface area contributed by atoms with Gasteiger partial charge in [-0.05, 0) is 49.1 Å². The van der Waals surface area contributed by atoms with E-state index in [9.17, 15) is 0 Å². The van der Waals surface area contributed by atoms with Crippen LogP contribution in [0.15, 0.2) is 18.2 Å². The summed E-state index contributed by atoms with van der Waals surface area (Å²) in [6.07, 6.45) is 2.63. The van der Waals surface area contributed by atoms with Crippen LogP contribution in [0.5, 0.6) is 5.75 Å². The van der Waals surface area contributed by atoms with Crippen LogP contribution >= 0.6 is 0 Å². The summed E-state index contributed by atoms with van der Waals surface area (Å²) in [5.41, 5.74) is 7.78. The number of methoxy groups -OCH3 is 1. The maximum absolute atomic E-state index is 5.48. The Kier molecular flexibility index (Phi) is 5.46. The Bertz CT molecular complexity index is 501. The van der Waals surface area contributed by atoms with Crippen LogP contribution in [0.25, 0.3) is 0 Å². The molecule has 20 heavy (non-hydrogen) atoms. The van der Waals surface area contributed by atoms with Crippen LogP contribution < -0.4 is 10.5 Å². The van der Waals surface area contributed by atoms with Gasteiger partial charge in [0.25, 0.3) is 0 Å². The summed E-state index contributed by atoms with van der Waals surface area (Å²) in [7, 11) is 1.70. The minimum absolute atomic E-state index is 0.395. The van der Waals surface area contributed by atoms with Crippen molar-refractivity contribution in [2.24, 2.45) is 11.7 Å². The number of nitrogens with two attached hydrogens (primary N) is 1. The van der Waals surface area contributed by atoms with E-state index in [0.717, 1.165) is 23.8 Å². The van der Waals surface area contributed by atoms with Gasteiger partial charge >= 0.3 is 0 Å². The maximum atomic E-state index is 5.48. The molecule has 3 nitrogen and oxygen atoms in total. The average molecular weight is 272 g/mol. The Morgan fingerprint density at radius 3 is 3.00 bits per heavy atom. The van der Waals surface area contributed by atoms with Gasteiger partial charge in [-0.15, -0.1) is 0 Å². The van der Waals surface area contributed by atoms with Gasteiger partial charge in [0.05, 0.1) is 13.7 Å². The van der Waals surface area contributed by atoms with Crippen LogP contribution in [0.4, 0.5) is 0 Å². The molecule has 1 aliphatic heterocycles. The lowest BCUT2D eigenvalue weighted by atomic mass is 9.99. The quantitative estimate of drug-likeness (QED) is 0.858. The van der Waals surface area contributed by atoms with Gasteiger partial charge in [-0.1, -0.05) is 18.8 Å². The van der Waals surface area contributed by atoms with Crippen molar-refractivity contribution in [1.29, 1.82) is 0 Å². The minimum atomic E-state index is 0.395. The third-order valence-electron chi connectivity index (χ3n) is 3.77. The zero-order valence-electron chi connectivity index (χ0n) is 12.5. The van der Waals surface area contributed by atoms with Gasteiger partial charge in [0.15, 0.2) is 0 Å². The van der Waals surface area contributed by atoms with Gasteiger partial charge < -0.3 is 10.5 Å². The van der Waals surface area contributed by atoms with Crippen LogP contribution in [0.2, 0.25) is 0 Å². The molecule has 1 aromatic carbocycles. The second-order valence-electron chi connectivity index (χ2n) is 5.51. The van der Waals surface area contributed by atoms with Crippen molar-refractivity contribution in [3.8, 4) is 17.6 Å². The molecular weight excluding hydrogens is 248 g/mol. The molecule has 1 aromatic rings. The smallest absolute Gasteiger partial charge is 0.119 e. The van der Waals surface area contributed by atoms with Crippen LogP contribution in [0.3, 0.4) is 0 Å². The van der Waals surface area contributed by atoms with E-state index in [1.165, 1.54) is 31.5 Å². The highest BCUT2D eigenvalue weighted by Crippen LogP contribution is 2.22. The number of hydrogen-bond donors (Lipinski definition) is 1. The van der Waals surface area contributed by atoms with E-state index >= 15 is 0 Å². The Morgan fingerprint density at radius 1 is 1.45 bits per heavy atom. The predicted octanol–water partition coefficient (Wildman–Crippen LogP) is 2.24. The lowest BCUT2D eigenvalue weighted by Crippen LogP contribution is -2.33. The fraction of sp³-hybridized carbons (Fsp3) is 0.529. The average Bonchev–Trinajstić information content (AvgIpc) is 2.46. The standard InChI is InChI=1S/C17H24N2O/c1-14-5-4-10-19(12-14)13-16-11-17(20-2)8-7-15(16)6-3-9-18/h7-8,11,14H,4-5,9-10,12-13,18H2,1-2H3. The summed E-state index contributed by atoms with van der Waals surface area (Å²) < 4.78 is 5.33. The van der Waals surface area contributed by atoms with Crippen LogP contribution in [-0.4, -0.2) is 31.6 Å². The van der Waals surface area contributed by atoms with E-state index in [1.54, 1.807) is 7.11 Å². The number of rotatable bonds is 3. The van der Waals surface area contributed by atoms with Gasteiger partial charge in [-0.2, -0.15) is 0 Å². The molecule has 0 radical (unpaired) electrons. The molecule has 1 saturated heterocycles. The highest BCUT2D eigenvalue weighted by Gasteiger charge is 2.17. The van der Waals surface area contributed by atoms with E-state index < -0.39 is 0 Å².